The van der Waals surface area contributed by atoms with Crippen LogP contribution in [0.2, 0.25) is 5.02 Å². The van der Waals surface area contributed by atoms with Crippen molar-refractivity contribution in [2.45, 2.75) is 51.0 Å². The average molecular weight is 238 g/mol. The molecule has 1 fully saturated rings. The van der Waals surface area contributed by atoms with E-state index in [1.54, 1.807) is 0 Å². The van der Waals surface area contributed by atoms with E-state index in [0.717, 1.165) is 24.3 Å². The first kappa shape index (κ1) is 11.9. The monoisotopic (exact) mass is 237 g/mol. The summed E-state index contributed by atoms with van der Waals surface area (Å²) in [6.45, 7) is 4.40. The Hall–Kier alpha value is -0.530. The fraction of sp³-hybridized carbons (Fsp3) is 0.571. The molecule has 1 aliphatic carbocycles. The predicted molar refractivity (Wildman–Crippen MR) is 69.9 cm³/mol. The van der Waals surface area contributed by atoms with Crippen LogP contribution in [0.25, 0.3) is 0 Å². The number of hydrogen-bond acceptors (Lipinski definition) is 1. The van der Waals surface area contributed by atoms with E-state index in [1.165, 1.54) is 17.5 Å². The molecule has 1 aromatic carbocycles. The van der Waals surface area contributed by atoms with Crippen LogP contribution >= 0.6 is 11.6 Å². The van der Waals surface area contributed by atoms with Gasteiger partial charge in [-0.15, -0.1) is 0 Å². The molecule has 0 amide bonds. The highest BCUT2D eigenvalue weighted by Gasteiger charge is 2.34. The summed E-state index contributed by atoms with van der Waals surface area (Å²) in [5.41, 5.74) is 8.64. The Morgan fingerprint density at radius 1 is 1.44 bits per heavy atom. The normalized spacial score (nSPS) is 20.2. The zero-order chi connectivity index (χ0) is 11.8. The van der Waals surface area contributed by atoms with Crippen LogP contribution in [0.3, 0.4) is 0 Å². The molecule has 0 spiro atoms. The molecule has 1 atom stereocenters. The molecule has 88 valence electrons. The molecule has 1 aliphatic rings. The number of halogens is 1. The maximum atomic E-state index is 6.33. The van der Waals surface area contributed by atoms with E-state index in [2.05, 4.69) is 32.0 Å². The van der Waals surface area contributed by atoms with E-state index in [-0.39, 0.29) is 5.54 Å². The van der Waals surface area contributed by atoms with Gasteiger partial charge in [0.15, 0.2) is 0 Å². The number of nitrogens with two attached hydrogens (primary N) is 1. The van der Waals surface area contributed by atoms with E-state index in [4.69, 9.17) is 17.3 Å². The summed E-state index contributed by atoms with van der Waals surface area (Å²) >= 11 is 6.33. The summed E-state index contributed by atoms with van der Waals surface area (Å²) in [4.78, 5) is 0. The molecule has 1 nitrogen and oxygen atoms in total. The van der Waals surface area contributed by atoms with Crippen molar-refractivity contribution >= 4 is 11.6 Å². The lowest BCUT2D eigenvalue weighted by atomic mass is 9.72. The van der Waals surface area contributed by atoms with Crippen molar-refractivity contribution in [3.05, 3.63) is 34.3 Å². The van der Waals surface area contributed by atoms with Crippen LogP contribution in [0.4, 0.5) is 0 Å². The Labute approximate surface area is 103 Å². The first-order valence-corrected chi connectivity index (χ1v) is 6.53. The minimum absolute atomic E-state index is 0.0996. The second kappa shape index (κ2) is 4.38. The third-order valence-corrected chi connectivity index (χ3v) is 4.29. The quantitative estimate of drug-likeness (QED) is 0.838. The fourth-order valence-electron chi connectivity index (χ4n) is 2.30. The summed E-state index contributed by atoms with van der Waals surface area (Å²) in [7, 11) is 0. The van der Waals surface area contributed by atoms with Gasteiger partial charge in [-0.2, -0.15) is 0 Å². The van der Waals surface area contributed by atoms with E-state index in [9.17, 15) is 0 Å². The molecule has 0 aliphatic heterocycles. The maximum absolute atomic E-state index is 6.33. The molecule has 16 heavy (non-hydrogen) atoms. The molecule has 0 bridgehead atoms. The second-order valence-corrected chi connectivity index (χ2v) is 5.46. The van der Waals surface area contributed by atoms with Crippen molar-refractivity contribution in [2.24, 2.45) is 5.73 Å². The van der Waals surface area contributed by atoms with Crippen LogP contribution in [-0.4, -0.2) is 0 Å². The zero-order valence-electron chi connectivity index (χ0n) is 10.1. The van der Waals surface area contributed by atoms with Gasteiger partial charge in [-0.1, -0.05) is 37.6 Å². The molecule has 2 rings (SSSR count). The summed E-state index contributed by atoms with van der Waals surface area (Å²) in [5.74, 6) is 0.525. The molecule has 1 aromatic rings. The molecule has 0 aromatic heterocycles. The van der Waals surface area contributed by atoms with Crippen LogP contribution in [0, 0.1) is 0 Å². The minimum atomic E-state index is -0.0996. The van der Waals surface area contributed by atoms with Crippen LogP contribution in [-0.2, 0) is 5.54 Å². The van der Waals surface area contributed by atoms with Crippen LogP contribution in [0.15, 0.2) is 18.2 Å². The summed E-state index contributed by atoms with van der Waals surface area (Å²) in [5, 5.41) is 0.878. The SMILES string of the molecule is CCC(C)c1ccc(C2(N)CCC2)cc1Cl. The van der Waals surface area contributed by atoms with Gasteiger partial charge in [-0.05, 0) is 48.8 Å². The third-order valence-electron chi connectivity index (χ3n) is 3.96. The van der Waals surface area contributed by atoms with Gasteiger partial charge in [0.05, 0.1) is 0 Å². The third kappa shape index (κ3) is 1.99. The Morgan fingerprint density at radius 3 is 2.56 bits per heavy atom. The smallest absolute Gasteiger partial charge is 0.0444 e. The number of rotatable bonds is 3. The summed E-state index contributed by atoms with van der Waals surface area (Å²) < 4.78 is 0. The Bertz CT molecular complexity index is 382. The van der Waals surface area contributed by atoms with Crippen molar-refractivity contribution in [2.75, 3.05) is 0 Å². The van der Waals surface area contributed by atoms with E-state index < -0.39 is 0 Å². The number of benzene rings is 1. The number of hydrogen-bond donors (Lipinski definition) is 1. The molecule has 1 unspecified atom stereocenters. The fourth-order valence-corrected chi connectivity index (χ4v) is 2.67. The standard InChI is InChI=1S/C14H20ClN/c1-3-10(2)12-6-5-11(9-13(12)15)14(16)7-4-8-14/h5-6,9-10H,3-4,7-8,16H2,1-2H3. The predicted octanol–water partition coefficient (Wildman–Crippen LogP) is 4.19. The molecular formula is C14H20ClN. The topological polar surface area (TPSA) is 26.0 Å². The molecule has 1 saturated carbocycles. The van der Waals surface area contributed by atoms with E-state index in [0.29, 0.717) is 5.92 Å². The lowest BCUT2D eigenvalue weighted by Gasteiger charge is -2.39. The van der Waals surface area contributed by atoms with Gasteiger partial charge >= 0.3 is 0 Å². The molecule has 2 heteroatoms. The first-order chi connectivity index (χ1) is 7.57. The average Bonchev–Trinajstić information content (AvgIpc) is 2.24. The maximum Gasteiger partial charge on any atom is 0.0444 e. The molecule has 2 N–H and O–H groups in total. The zero-order valence-corrected chi connectivity index (χ0v) is 10.8. The van der Waals surface area contributed by atoms with E-state index >= 15 is 0 Å². The highest BCUT2D eigenvalue weighted by molar-refractivity contribution is 6.31. The van der Waals surface area contributed by atoms with Gasteiger partial charge in [0.1, 0.15) is 0 Å². The van der Waals surface area contributed by atoms with Gasteiger partial charge in [-0.25, -0.2) is 0 Å². The van der Waals surface area contributed by atoms with Gasteiger partial charge in [-0.3, -0.25) is 0 Å². The first-order valence-electron chi connectivity index (χ1n) is 6.15. The largest absolute Gasteiger partial charge is 0.321 e. The molecule has 0 radical (unpaired) electrons. The Kier molecular flexibility index (Phi) is 3.27. The van der Waals surface area contributed by atoms with Gasteiger partial charge in [0.25, 0.3) is 0 Å². The van der Waals surface area contributed by atoms with Crippen LogP contribution in [0.5, 0.6) is 0 Å². The Morgan fingerprint density at radius 2 is 2.12 bits per heavy atom. The van der Waals surface area contributed by atoms with Crippen molar-refractivity contribution < 1.29 is 0 Å². The lowest BCUT2D eigenvalue weighted by Crippen LogP contribution is -2.43. The van der Waals surface area contributed by atoms with Crippen molar-refractivity contribution in [1.29, 1.82) is 0 Å². The highest BCUT2D eigenvalue weighted by atomic mass is 35.5. The highest BCUT2D eigenvalue weighted by Crippen LogP contribution is 2.40. The van der Waals surface area contributed by atoms with Gasteiger partial charge in [0, 0.05) is 10.6 Å². The van der Waals surface area contributed by atoms with Crippen LogP contribution in [0.1, 0.15) is 56.6 Å². The van der Waals surface area contributed by atoms with Crippen LogP contribution < -0.4 is 5.73 Å². The van der Waals surface area contributed by atoms with Crippen molar-refractivity contribution in [3.63, 3.8) is 0 Å². The minimum Gasteiger partial charge on any atom is -0.321 e. The molecule has 0 heterocycles. The van der Waals surface area contributed by atoms with Crippen molar-refractivity contribution in [1.82, 2.24) is 0 Å². The van der Waals surface area contributed by atoms with E-state index in [1.807, 2.05) is 0 Å². The van der Waals surface area contributed by atoms with Gasteiger partial charge in [0.2, 0.25) is 0 Å². The van der Waals surface area contributed by atoms with Crippen molar-refractivity contribution in [3.8, 4) is 0 Å². The second-order valence-electron chi connectivity index (χ2n) is 5.06. The summed E-state index contributed by atoms with van der Waals surface area (Å²) in [6, 6.07) is 6.38. The molecule has 0 saturated heterocycles. The lowest BCUT2D eigenvalue weighted by molar-refractivity contribution is 0.253. The molecular weight excluding hydrogens is 218 g/mol. The Balaban J connectivity index is 2.29. The van der Waals surface area contributed by atoms with Gasteiger partial charge < -0.3 is 5.73 Å². The summed E-state index contributed by atoms with van der Waals surface area (Å²) in [6.07, 6.45) is 4.53.